The van der Waals surface area contributed by atoms with Gasteiger partial charge in [-0.05, 0) is 69.7 Å². The van der Waals surface area contributed by atoms with Crippen LogP contribution in [0.2, 0.25) is 8.67 Å². The highest BCUT2D eigenvalue weighted by Gasteiger charge is 2.25. The number of oxime groups is 3. The summed E-state index contributed by atoms with van der Waals surface area (Å²) in [6.07, 6.45) is 0. The number of nitrogens with zero attached hydrogens (tertiary/aromatic N) is 9. The Kier molecular flexibility index (Phi) is 23.7. The number of hydrogen-bond donors (Lipinski definition) is 5. The molecule has 0 atom stereocenters. The lowest BCUT2D eigenvalue weighted by Crippen LogP contribution is -2.15. The smallest absolute Gasteiger partial charge is 0.360 e. The van der Waals surface area contributed by atoms with Gasteiger partial charge in [-0.15, -0.1) is 45.3 Å². The zero-order chi connectivity index (χ0) is 53.0. The second-order valence-corrected chi connectivity index (χ2v) is 23.4. The van der Waals surface area contributed by atoms with Crippen molar-refractivity contribution in [1.82, 2.24) is 29.9 Å². The van der Waals surface area contributed by atoms with Crippen molar-refractivity contribution in [3.8, 4) is 0 Å². The van der Waals surface area contributed by atoms with Crippen LogP contribution in [-0.2, 0) is 28.9 Å². The van der Waals surface area contributed by atoms with Crippen LogP contribution in [0.15, 0.2) is 107 Å². The average molecular weight is 1210 g/mol. The molecule has 3 aromatic carbocycles. The fourth-order valence-electron chi connectivity index (χ4n) is 5.02. The largest absolute Gasteiger partial charge is 0.476 e. The molecular weight excluding hydrogens is 1170 g/mol. The van der Waals surface area contributed by atoms with Crippen LogP contribution in [0.25, 0.3) is 30.6 Å². The highest BCUT2D eigenvalue weighted by Crippen LogP contribution is 2.43. The molecule has 0 spiro atoms. The number of aliphatic carboxylic acids is 2. The van der Waals surface area contributed by atoms with E-state index in [1.54, 1.807) is 44.3 Å². The van der Waals surface area contributed by atoms with Crippen molar-refractivity contribution < 1.29 is 44.9 Å². The van der Waals surface area contributed by atoms with Crippen LogP contribution in [0, 0.1) is 0 Å². The third kappa shape index (κ3) is 17.1. The van der Waals surface area contributed by atoms with Gasteiger partial charge < -0.3 is 41.9 Å². The van der Waals surface area contributed by atoms with E-state index >= 15 is 0 Å². The van der Waals surface area contributed by atoms with Gasteiger partial charge in [0.15, 0.2) is 34.1 Å². The third-order valence-electron chi connectivity index (χ3n) is 7.75. The van der Waals surface area contributed by atoms with Crippen molar-refractivity contribution >= 4 is 205 Å². The Morgan fingerprint density at radius 2 is 0.986 bits per heavy atom. The van der Waals surface area contributed by atoms with E-state index in [4.69, 9.17) is 56.8 Å². The zero-order valence-electron chi connectivity index (χ0n) is 37.6. The maximum atomic E-state index is 12.5. The maximum Gasteiger partial charge on any atom is 0.360 e. The number of aromatic nitrogens is 6. The van der Waals surface area contributed by atoms with E-state index in [0.717, 1.165) is 75.7 Å². The first-order chi connectivity index (χ1) is 35.1. The first-order valence-electron chi connectivity index (χ1n) is 19.6. The fraction of sp³-hybridized carbons (Fsp3) is 0.122. The van der Waals surface area contributed by atoms with Crippen molar-refractivity contribution in [2.45, 2.75) is 20.4 Å². The van der Waals surface area contributed by atoms with Crippen molar-refractivity contribution in [2.24, 2.45) is 15.5 Å². The minimum absolute atomic E-state index is 0. The van der Waals surface area contributed by atoms with E-state index in [0.29, 0.717) is 9.47 Å². The van der Waals surface area contributed by atoms with E-state index in [1.807, 2.05) is 36.4 Å². The Labute approximate surface area is 461 Å². The maximum absolute atomic E-state index is 12.5. The van der Waals surface area contributed by atoms with Crippen LogP contribution in [-0.4, -0.2) is 103 Å². The van der Waals surface area contributed by atoms with Gasteiger partial charge in [0.2, 0.25) is 16.5 Å². The Morgan fingerprint density at radius 3 is 1.36 bits per heavy atom. The molecule has 8 N–H and O–H groups in total. The molecule has 0 amide bonds. The summed E-state index contributed by atoms with van der Waals surface area (Å²) in [6.45, 7) is 0. The number of thiazole rings is 6. The normalized spacial score (nSPS) is 11.3. The standard InChI is InChI=1S/C14H8N2S4.C13H9ClN4O2S3.C6H6ClN3O3S.C6H7N3O3S.CH3F.CH4/c1-3-7-11-9(5-1)15-13(17-11)19-20-14-16-10-6-2-4-8-12(10)18-14;1-20-18-9(8-10(14)22-12(15)17-8)11(19)23-13-16-6-4-2-3-5-7(6)21-13;1-13-10-3(5(11)12)2-4(7)14-6(8)9-2;1-12-9-4(5(10)11)3-2-13-6(7)8-3;1-2;/h1-8H;2-5H,1H3,(H2,15,17);1H3,(H2,8,9)(H,11,12);2H,1H3,(H2,7,8)(H,10,11);1H3;1H4/b;18-9+;10-3+;9-4+;;/i;;;;1D;. The number of nitrogens with two attached hydrogens (primary N) is 3. The van der Waals surface area contributed by atoms with Crippen molar-refractivity contribution in [1.29, 1.82) is 0 Å². The molecule has 0 unspecified atom stereocenters. The number of benzene rings is 3. The average Bonchev–Trinajstić information content (AvgIpc) is 4.23. The number of para-hydroxylation sites is 3. The van der Waals surface area contributed by atoms with Crippen molar-refractivity contribution in [2.75, 3.05) is 45.7 Å². The number of anilines is 3. The number of carboxylic acids is 2. The van der Waals surface area contributed by atoms with Gasteiger partial charge in [0.25, 0.3) is 0 Å². The van der Waals surface area contributed by atoms with Crippen LogP contribution in [0.1, 0.15) is 25.9 Å². The molecule has 0 aliphatic carbocycles. The topological polar surface area (TPSA) is 312 Å². The first kappa shape index (κ1) is 58.1. The summed E-state index contributed by atoms with van der Waals surface area (Å²) in [5, 5.41) is 29.6. The number of thioether (sulfide) groups is 1. The predicted molar refractivity (Wildman–Crippen MR) is 301 cm³/mol. The van der Waals surface area contributed by atoms with Gasteiger partial charge in [-0.1, -0.05) is 105 Å². The summed E-state index contributed by atoms with van der Waals surface area (Å²) in [6, 6.07) is 24.1. The molecule has 0 saturated carbocycles. The molecule has 0 bridgehead atoms. The quantitative estimate of drug-likeness (QED) is 0.0310. The number of halogens is 3. The van der Waals surface area contributed by atoms with E-state index < -0.39 is 19.1 Å². The molecule has 9 rings (SSSR count). The predicted octanol–water partition coefficient (Wildman–Crippen LogP) is 11.6. The SMILES string of the molecule is C.CO/N=C(/C(=O)O)c1csc(N)n1.CO/N=C(/C(=O)O)c1nc(N)sc1Cl.CO/N=C(/C(=O)Sc1nc2ccccc2s1)c1nc(N)sc1Cl.[2H]CF.c1ccc2sc(SSc3nc4ccccc4s3)nc2c1. The Hall–Kier alpha value is -5.80. The molecule has 0 radical (unpaired) electrons. The molecule has 0 aliphatic heterocycles. The molecular formula is C41H37Cl2FN12O8S9. The molecule has 73 heavy (non-hydrogen) atoms. The number of nitrogen functional groups attached to an aromatic ring is 3. The number of carboxylic acid groups (broad SMARTS) is 2. The molecule has 0 fully saturated rings. The van der Waals surface area contributed by atoms with Crippen molar-refractivity contribution in [3.05, 3.63) is 104 Å². The lowest BCUT2D eigenvalue weighted by atomic mass is 10.3. The second-order valence-electron chi connectivity index (χ2n) is 12.3. The van der Waals surface area contributed by atoms with Crippen LogP contribution in [0.3, 0.4) is 0 Å². The summed E-state index contributed by atoms with van der Waals surface area (Å²) in [5.41, 5.74) is 19.1. The number of carbonyl (C=O) groups excluding carboxylic acids is 1. The van der Waals surface area contributed by atoms with E-state index in [1.165, 1.54) is 47.4 Å². The number of hydrogen-bond acceptors (Lipinski definition) is 27. The zero-order valence-corrected chi connectivity index (χ0v) is 45.5. The lowest BCUT2D eigenvalue weighted by Gasteiger charge is -2.00. The summed E-state index contributed by atoms with van der Waals surface area (Å²) >= 11 is 20.8. The Bertz CT molecular complexity index is 3230. The molecule has 6 aromatic heterocycles. The van der Waals surface area contributed by atoms with Crippen molar-refractivity contribution in [3.63, 3.8) is 0 Å². The monoisotopic (exact) mass is 1200 g/mol. The van der Waals surface area contributed by atoms with Crippen LogP contribution < -0.4 is 17.2 Å². The summed E-state index contributed by atoms with van der Waals surface area (Å²) in [7, 11) is 6.21. The molecule has 6 heterocycles. The molecule has 0 aliphatic rings. The molecule has 384 valence electrons. The summed E-state index contributed by atoms with van der Waals surface area (Å²) < 4.78 is 22.2. The summed E-state index contributed by atoms with van der Waals surface area (Å²) in [5.74, 6) is -2.48. The highest BCUT2D eigenvalue weighted by molar-refractivity contribution is 8.77. The number of carbonyl (C=O) groups is 3. The number of alkyl halides is 1. The first-order valence-corrected chi connectivity index (χ1v) is 27.6. The molecule has 32 heteroatoms. The second kappa shape index (κ2) is 29.8. The number of rotatable bonds is 13. The summed E-state index contributed by atoms with van der Waals surface area (Å²) in [4.78, 5) is 72.5. The van der Waals surface area contributed by atoms with Gasteiger partial charge in [0, 0.05) is 5.38 Å². The minimum atomic E-state index is -1.28. The number of fused-ring (bicyclic) bond motifs is 3. The molecule has 0 saturated heterocycles. The third-order valence-corrected chi connectivity index (χ3v) is 17.6. The fourth-order valence-corrected chi connectivity index (χ4v) is 13.8. The lowest BCUT2D eigenvalue weighted by molar-refractivity contribution is -0.130. The van der Waals surface area contributed by atoms with Crippen LogP contribution in [0.4, 0.5) is 19.8 Å². The van der Waals surface area contributed by atoms with Crippen LogP contribution in [0.5, 0.6) is 0 Å². The Morgan fingerprint density at radius 1 is 0.603 bits per heavy atom. The van der Waals surface area contributed by atoms with E-state index in [-0.39, 0.29) is 65.7 Å². The van der Waals surface area contributed by atoms with Gasteiger partial charge in [-0.25, -0.2) is 39.5 Å². The highest BCUT2D eigenvalue weighted by atomic mass is 35.5. The Balaban J connectivity index is 0.000000214. The van der Waals surface area contributed by atoms with Gasteiger partial charge in [-0.3, -0.25) is 9.18 Å². The van der Waals surface area contributed by atoms with Crippen LogP contribution >= 0.6 is 125 Å². The molecule has 20 nitrogen and oxygen atoms in total. The van der Waals surface area contributed by atoms with Gasteiger partial charge in [0.05, 0.1) is 39.2 Å². The van der Waals surface area contributed by atoms with Gasteiger partial charge >= 0.3 is 11.9 Å². The minimum Gasteiger partial charge on any atom is -0.476 e. The van der Waals surface area contributed by atoms with E-state index in [2.05, 4.69) is 91.4 Å². The van der Waals surface area contributed by atoms with Gasteiger partial charge in [-0.2, -0.15) is 0 Å². The van der Waals surface area contributed by atoms with Gasteiger partial charge in [0.1, 0.15) is 47.1 Å². The van der Waals surface area contributed by atoms with E-state index in [9.17, 15) is 18.8 Å². The molecule has 9 aromatic rings.